The molecule has 0 aliphatic carbocycles. The number of carbonyl (C=O) groups excluding carboxylic acids is 2. The molecule has 0 spiro atoms. The normalized spacial score (nSPS) is 12.1. The Kier molecular flexibility index (Phi) is 4.92. The second-order valence-electron chi connectivity index (χ2n) is 3.68. The maximum absolute atomic E-state index is 11.5. The first kappa shape index (κ1) is 13.8. The van der Waals surface area contributed by atoms with Gasteiger partial charge >= 0.3 is 5.97 Å². The van der Waals surface area contributed by atoms with E-state index in [9.17, 15) is 9.59 Å². The van der Waals surface area contributed by atoms with Gasteiger partial charge in [0.05, 0.1) is 7.11 Å². The molecule has 0 aromatic heterocycles. The number of ether oxygens (including phenoxy) is 1. The smallest absolute Gasteiger partial charge is 0.328 e. The summed E-state index contributed by atoms with van der Waals surface area (Å²) in [6.45, 7) is 1.54. The van der Waals surface area contributed by atoms with Crippen LogP contribution in [0.2, 0.25) is 0 Å². The summed E-state index contributed by atoms with van der Waals surface area (Å²) >= 11 is 0. The van der Waals surface area contributed by atoms with Gasteiger partial charge in [0, 0.05) is 6.08 Å². The Bertz CT molecular complexity index is 451. The highest BCUT2D eigenvalue weighted by Gasteiger charge is 2.13. The fourth-order valence-electron chi connectivity index (χ4n) is 1.25. The van der Waals surface area contributed by atoms with E-state index in [-0.39, 0.29) is 11.7 Å². The summed E-state index contributed by atoms with van der Waals surface area (Å²) < 4.78 is 4.48. The van der Waals surface area contributed by atoms with Crippen LogP contribution in [0.1, 0.15) is 12.5 Å². The Morgan fingerprint density at radius 2 is 1.94 bits per heavy atom. The number of hydrogen-bond donors (Lipinski definition) is 2. The molecule has 1 unspecified atom stereocenters. The first-order valence-electron chi connectivity index (χ1n) is 5.38. The Morgan fingerprint density at radius 1 is 1.33 bits per heavy atom. The number of esters is 1. The van der Waals surface area contributed by atoms with E-state index in [0.717, 1.165) is 5.56 Å². The van der Waals surface area contributed by atoms with Crippen LogP contribution in [0.5, 0.6) is 5.75 Å². The SMILES string of the molecule is COC(=O)C(C)NC(=O)C=Cc1ccc(O)cc1. The molecule has 0 saturated heterocycles. The minimum Gasteiger partial charge on any atom is -0.508 e. The van der Waals surface area contributed by atoms with E-state index in [0.29, 0.717) is 0 Å². The number of amides is 1. The number of methoxy groups -OCH3 is 1. The average Bonchev–Trinajstić information content (AvgIpc) is 2.37. The molecule has 0 bridgehead atoms. The number of carbonyl (C=O) groups is 2. The molecule has 1 amide bonds. The maximum atomic E-state index is 11.5. The van der Waals surface area contributed by atoms with Crippen LogP contribution in [0.3, 0.4) is 0 Å². The molecule has 1 rings (SSSR count). The summed E-state index contributed by atoms with van der Waals surface area (Å²) in [5.74, 6) is -0.724. The van der Waals surface area contributed by atoms with Crippen LogP contribution >= 0.6 is 0 Å². The van der Waals surface area contributed by atoms with Crippen LogP contribution < -0.4 is 5.32 Å². The molecule has 0 aliphatic rings. The third-order valence-corrected chi connectivity index (χ3v) is 2.23. The summed E-state index contributed by atoms with van der Waals surface area (Å²) in [5.41, 5.74) is 0.772. The summed E-state index contributed by atoms with van der Waals surface area (Å²) in [7, 11) is 1.26. The van der Waals surface area contributed by atoms with Crippen molar-refractivity contribution in [3.63, 3.8) is 0 Å². The monoisotopic (exact) mass is 249 g/mol. The van der Waals surface area contributed by atoms with Gasteiger partial charge in [-0.1, -0.05) is 12.1 Å². The van der Waals surface area contributed by atoms with Crippen molar-refractivity contribution in [2.75, 3.05) is 7.11 Å². The van der Waals surface area contributed by atoms with Gasteiger partial charge in [0.15, 0.2) is 0 Å². The number of aromatic hydroxyl groups is 1. The zero-order valence-electron chi connectivity index (χ0n) is 10.2. The summed E-state index contributed by atoms with van der Waals surface area (Å²) in [6, 6.07) is 5.70. The number of hydrogen-bond acceptors (Lipinski definition) is 4. The summed E-state index contributed by atoms with van der Waals surface area (Å²) in [6.07, 6.45) is 2.89. The van der Waals surface area contributed by atoms with Gasteiger partial charge < -0.3 is 15.2 Å². The van der Waals surface area contributed by atoms with Gasteiger partial charge in [-0.25, -0.2) is 4.79 Å². The van der Waals surface area contributed by atoms with Crippen molar-refractivity contribution < 1.29 is 19.4 Å². The fraction of sp³-hybridized carbons (Fsp3) is 0.231. The Labute approximate surface area is 105 Å². The molecule has 96 valence electrons. The van der Waals surface area contributed by atoms with E-state index in [4.69, 9.17) is 5.11 Å². The van der Waals surface area contributed by atoms with E-state index >= 15 is 0 Å². The predicted octanol–water partition coefficient (Wildman–Crippen LogP) is 1.08. The molecule has 1 aromatic rings. The minimum absolute atomic E-state index is 0.163. The molecule has 0 radical (unpaired) electrons. The van der Waals surface area contributed by atoms with Gasteiger partial charge in [-0.3, -0.25) is 4.79 Å². The standard InChI is InChI=1S/C13H15NO4/c1-9(13(17)18-2)14-12(16)8-5-10-3-6-11(15)7-4-10/h3-9,15H,1-2H3,(H,14,16). The van der Waals surface area contributed by atoms with E-state index in [1.165, 1.54) is 32.2 Å². The Morgan fingerprint density at radius 3 is 2.50 bits per heavy atom. The van der Waals surface area contributed by atoms with Crippen molar-refractivity contribution in [2.24, 2.45) is 0 Å². The van der Waals surface area contributed by atoms with E-state index < -0.39 is 12.0 Å². The average molecular weight is 249 g/mol. The van der Waals surface area contributed by atoms with Crippen LogP contribution in [-0.4, -0.2) is 30.1 Å². The number of nitrogens with one attached hydrogen (secondary N) is 1. The van der Waals surface area contributed by atoms with Crippen molar-refractivity contribution in [1.82, 2.24) is 5.32 Å². The lowest BCUT2D eigenvalue weighted by atomic mass is 10.2. The fourth-order valence-corrected chi connectivity index (χ4v) is 1.25. The lowest BCUT2D eigenvalue weighted by Crippen LogP contribution is -2.38. The lowest BCUT2D eigenvalue weighted by Gasteiger charge is -2.09. The molecule has 2 N–H and O–H groups in total. The molecule has 1 atom stereocenters. The highest BCUT2D eigenvalue weighted by molar-refractivity contribution is 5.94. The van der Waals surface area contributed by atoms with Gasteiger partial charge in [-0.15, -0.1) is 0 Å². The largest absolute Gasteiger partial charge is 0.508 e. The zero-order chi connectivity index (χ0) is 13.5. The number of phenols is 1. The number of benzene rings is 1. The molecule has 1 aromatic carbocycles. The van der Waals surface area contributed by atoms with Crippen LogP contribution in [-0.2, 0) is 14.3 Å². The van der Waals surface area contributed by atoms with Gasteiger partial charge in [0.1, 0.15) is 11.8 Å². The summed E-state index contributed by atoms with van der Waals surface area (Å²) in [4.78, 5) is 22.5. The van der Waals surface area contributed by atoms with Crippen molar-refractivity contribution in [3.05, 3.63) is 35.9 Å². The molecule has 0 heterocycles. The molecular formula is C13H15NO4. The van der Waals surface area contributed by atoms with Crippen molar-refractivity contribution in [3.8, 4) is 5.75 Å². The number of phenolic OH excluding ortho intramolecular Hbond substituents is 1. The quantitative estimate of drug-likeness (QED) is 0.618. The molecule has 5 nitrogen and oxygen atoms in total. The first-order valence-corrected chi connectivity index (χ1v) is 5.38. The van der Waals surface area contributed by atoms with Crippen LogP contribution in [0.15, 0.2) is 30.3 Å². The van der Waals surface area contributed by atoms with E-state index in [1.807, 2.05) is 0 Å². The summed E-state index contributed by atoms with van der Waals surface area (Å²) in [5, 5.41) is 11.5. The molecule has 0 saturated carbocycles. The third-order valence-electron chi connectivity index (χ3n) is 2.23. The highest BCUT2D eigenvalue weighted by atomic mass is 16.5. The Balaban J connectivity index is 2.54. The van der Waals surface area contributed by atoms with Crippen molar-refractivity contribution in [2.45, 2.75) is 13.0 Å². The van der Waals surface area contributed by atoms with Gasteiger partial charge in [-0.2, -0.15) is 0 Å². The molecular weight excluding hydrogens is 234 g/mol. The van der Waals surface area contributed by atoms with Crippen LogP contribution in [0.25, 0.3) is 6.08 Å². The second-order valence-corrected chi connectivity index (χ2v) is 3.68. The third kappa shape index (κ3) is 4.29. The maximum Gasteiger partial charge on any atom is 0.328 e. The molecule has 0 aliphatic heterocycles. The van der Waals surface area contributed by atoms with Gasteiger partial charge in [0.25, 0.3) is 0 Å². The predicted molar refractivity (Wildman–Crippen MR) is 66.8 cm³/mol. The van der Waals surface area contributed by atoms with Crippen LogP contribution in [0.4, 0.5) is 0 Å². The zero-order valence-corrected chi connectivity index (χ0v) is 10.2. The molecule has 18 heavy (non-hydrogen) atoms. The van der Waals surface area contributed by atoms with E-state index in [1.54, 1.807) is 18.2 Å². The Hall–Kier alpha value is -2.30. The van der Waals surface area contributed by atoms with Gasteiger partial charge in [-0.05, 0) is 30.7 Å². The minimum atomic E-state index is -0.688. The van der Waals surface area contributed by atoms with E-state index in [2.05, 4.69) is 10.1 Å². The lowest BCUT2D eigenvalue weighted by molar-refractivity contribution is -0.144. The highest BCUT2D eigenvalue weighted by Crippen LogP contribution is 2.10. The number of rotatable bonds is 4. The molecule has 0 fully saturated rings. The second kappa shape index (κ2) is 6.44. The first-order chi connectivity index (χ1) is 8.52. The van der Waals surface area contributed by atoms with Crippen molar-refractivity contribution in [1.29, 1.82) is 0 Å². The topological polar surface area (TPSA) is 75.6 Å². The van der Waals surface area contributed by atoms with Crippen molar-refractivity contribution >= 4 is 18.0 Å². The van der Waals surface area contributed by atoms with Crippen LogP contribution in [0, 0.1) is 0 Å². The molecule has 5 heteroatoms. The van der Waals surface area contributed by atoms with Gasteiger partial charge in [0.2, 0.25) is 5.91 Å².